The van der Waals surface area contributed by atoms with Crippen molar-refractivity contribution in [2.24, 2.45) is 0 Å². The zero-order valence-corrected chi connectivity index (χ0v) is 13.4. The third-order valence-corrected chi connectivity index (χ3v) is 3.69. The maximum atomic E-state index is 13.9. The minimum Gasteiger partial charge on any atom is -0.486 e. The number of rotatable bonds is 4. The van der Waals surface area contributed by atoms with E-state index in [1.807, 2.05) is 0 Å². The first kappa shape index (κ1) is 16.2. The number of Topliss-reactive ketones (excluding diaryl/α,β-unsaturated/α-hetero) is 2. The number of ether oxygens (including phenoxy) is 2. The molecule has 122 valence electrons. The fourth-order valence-electron chi connectivity index (χ4n) is 2.22. The van der Waals surface area contributed by atoms with Gasteiger partial charge in [0.2, 0.25) is 5.78 Å². The SMILES string of the molecule is CC(=O)COc1ccc2c(c1)O/C(=C\c1c(F)cccc1Cl)C2=O. The molecule has 0 spiro atoms. The van der Waals surface area contributed by atoms with Gasteiger partial charge in [-0.1, -0.05) is 17.7 Å². The molecule has 2 aromatic carbocycles. The first-order valence-corrected chi connectivity index (χ1v) is 7.48. The summed E-state index contributed by atoms with van der Waals surface area (Å²) in [5, 5.41) is 0.181. The van der Waals surface area contributed by atoms with Crippen LogP contribution >= 0.6 is 11.6 Å². The molecule has 2 aromatic rings. The van der Waals surface area contributed by atoms with Gasteiger partial charge in [-0.2, -0.15) is 0 Å². The summed E-state index contributed by atoms with van der Waals surface area (Å²) >= 11 is 5.96. The van der Waals surface area contributed by atoms with E-state index in [1.54, 1.807) is 6.07 Å². The minimum absolute atomic E-state index is 0.0271. The van der Waals surface area contributed by atoms with Gasteiger partial charge in [-0.05, 0) is 37.3 Å². The molecule has 0 bridgehead atoms. The Labute approximate surface area is 142 Å². The van der Waals surface area contributed by atoms with Crippen LogP contribution in [-0.2, 0) is 4.79 Å². The predicted octanol–water partition coefficient (Wildman–Crippen LogP) is 4.06. The third-order valence-electron chi connectivity index (χ3n) is 3.36. The monoisotopic (exact) mass is 346 g/mol. The number of benzene rings is 2. The van der Waals surface area contributed by atoms with Crippen LogP contribution in [0.2, 0.25) is 5.02 Å². The van der Waals surface area contributed by atoms with Crippen LogP contribution in [0.15, 0.2) is 42.2 Å². The Balaban J connectivity index is 1.90. The van der Waals surface area contributed by atoms with Crippen molar-refractivity contribution in [1.29, 1.82) is 0 Å². The molecule has 3 rings (SSSR count). The molecule has 0 aliphatic carbocycles. The van der Waals surface area contributed by atoms with Crippen LogP contribution in [0.4, 0.5) is 4.39 Å². The van der Waals surface area contributed by atoms with Crippen molar-refractivity contribution in [3.8, 4) is 11.5 Å². The maximum absolute atomic E-state index is 13.9. The molecule has 1 aliphatic heterocycles. The zero-order valence-electron chi connectivity index (χ0n) is 12.6. The fraction of sp³-hybridized carbons (Fsp3) is 0.111. The second-order valence-electron chi connectivity index (χ2n) is 5.22. The van der Waals surface area contributed by atoms with Gasteiger partial charge < -0.3 is 9.47 Å². The van der Waals surface area contributed by atoms with Gasteiger partial charge in [0.05, 0.1) is 10.6 Å². The molecular weight excluding hydrogens is 335 g/mol. The average molecular weight is 347 g/mol. The molecule has 0 saturated heterocycles. The second kappa shape index (κ2) is 6.45. The first-order valence-electron chi connectivity index (χ1n) is 7.10. The standard InChI is InChI=1S/C18H12ClFO4/c1-10(21)9-23-11-5-6-12-16(7-11)24-17(18(12)22)8-13-14(19)3-2-4-15(13)20/h2-8H,9H2,1H3/b17-8-. The predicted molar refractivity (Wildman–Crippen MR) is 87.0 cm³/mol. The molecule has 0 atom stereocenters. The van der Waals surface area contributed by atoms with Crippen molar-refractivity contribution in [2.75, 3.05) is 6.61 Å². The van der Waals surface area contributed by atoms with Crippen molar-refractivity contribution in [3.63, 3.8) is 0 Å². The van der Waals surface area contributed by atoms with E-state index >= 15 is 0 Å². The molecule has 0 aromatic heterocycles. The van der Waals surface area contributed by atoms with Gasteiger partial charge in [0.1, 0.15) is 23.9 Å². The Hall–Kier alpha value is -2.66. The van der Waals surface area contributed by atoms with E-state index in [-0.39, 0.29) is 34.5 Å². The molecule has 4 nitrogen and oxygen atoms in total. The molecule has 0 saturated carbocycles. The summed E-state index contributed by atoms with van der Waals surface area (Å²) in [6.07, 6.45) is 1.27. The van der Waals surface area contributed by atoms with Crippen molar-refractivity contribution in [1.82, 2.24) is 0 Å². The van der Waals surface area contributed by atoms with E-state index < -0.39 is 5.82 Å². The van der Waals surface area contributed by atoms with Crippen LogP contribution in [0, 0.1) is 5.82 Å². The van der Waals surface area contributed by atoms with Gasteiger partial charge in [-0.25, -0.2) is 4.39 Å². The molecule has 0 unspecified atom stereocenters. The number of fused-ring (bicyclic) bond motifs is 1. The topological polar surface area (TPSA) is 52.6 Å². The van der Waals surface area contributed by atoms with E-state index in [1.165, 1.54) is 43.3 Å². The summed E-state index contributed by atoms with van der Waals surface area (Å²) in [5.74, 6) is -0.375. The summed E-state index contributed by atoms with van der Waals surface area (Å²) < 4.78 is 24.6. The van der Waals surface area contributed by atoms with Gasteiger partial charge in [-0.3, -0.25) is 9.59 Å². The quantitative estimate of drug-likeness (QED) is 0.783. The Kier molecular flexibility index (Phi) is 4.36. The highest BCUT2D eigenvalue weighted by Gasteiger charge is 2.28. The molecule has 6 heteroatoms. The van der Waals surface area contributed by atoms with Crippen LogP contribution in [0.1, 0.15) is 22.8 Å². The van der Waals surface area contributed by atoms with Crippen LogP contribution in [0.25, 0.3) is 6.08 Å². The molecular formula is C18H12ClFO4. The van der Waals surface area contributed by atoms with Gasteiger partial charge in [0.15, 0.2) is 11.5 Å². The van der Waals surface area contributed by atoms with Gasteiger partial charge >= 0.3 is 0 Å². The van der Waals surface area contributed by atoms with Gasteiger partial charge in [-0.15, -0.1) is 0 Å². The Morgan fingerprint density at radius 1 is 1.33 bits per heavy atom. The lowest BCUT2D eigenvalue weighted by Gasteiger charge is -2.05. The minimum atomic E-state index is -0.548. The van der Waals surface area contributed by atoms with Crippen LogP contribution < -0.4 is 9.47 Å². The van der Waals surface area contributed by atoms with E-state index in [0.717, 1.165) is 0 Å². The highest BCUT2D eigenvalue weighted by atomic mass is 35.5. The molecule has 24 heavy (non-hydrogen) atoms. The van der Waals surface area contributed by atoms with Crippen molar-refractivity contribution in [3.05, 3.63) is 64.1 Å². The summed E-state index contributed by atoms with van der Waals surface area (Å²) in [6.45, 7) is 1.34. The van der Waals surface area contributed by atoms with Gasteiger partial charge in [0.25, 0.3) is 0 Å². The average Bonchev–Trinajstić information content (AvgIpc) is 2.85. The van der Waals surface area contributed by atoms with Crippen molar-refractivity contribution in [2.45, 2.75) is 6.92 Å². The number of allylic oxidation sites excluding steroid dienone is 1. The number of hydrogen-bond donors (Lipinski definition) is 0. The largest absolute Gasteiger partial charge is 0.486 e. The number of hydrogen-bond acceptors (Lipinski definition) is 4. The second-order valence-corrected chi connectivity index (χ2v) is 5.63. The van der Waals surface area contributed by atoms with E-state index in [4.69, 9.17) is 21.1 Å². The number of ketones is 2. The Bertz CT molecular complexity index is 853. The van der Waals surface area contributed by atoms with E-state index in [0.29, 0.717) is 17.1 Å². The molecule has 0 N–H and O–H groups in total. The Morgan fingerprint density at radius 3 is 2.83 bits per heavy atom. The summed E-state index contributed by atoms with van der Waals surface area (Å²) in [6, 6.07) is 8.87. The molecule has 1 aliphatic rings. The lowest BCUT2D eigenvalue weighted by Crippen LogP contribution is -2.06. The van der Waals surface area contributed by atoms with Crippen LogP contribution in [0.5, 0.6) is 11.5 Å². The zero-order chi connectivity index (χ0) is 17.3. The Morgan fingerprint density at radius 2 is 2.12 bits per heavy atom. The number of halogens is 2. The summed E-state index contributed by atoms with van der Waals surface area (Å²) in [4.78, 5) is 23.3. The lowest BCUT2D eigenvalue weighted by molar-refractivity contribution is -0.118. The first-order chi connectivity index (χ1) is 11.5. The molecule has 0 amide bonds. The normalized spacial score (nSPS) is 14.5. The smallest absolute Gasteiger partial charge is 0.231 e. The fourth-order valence-corrected chi connectivity index (χ4v) is 2.44. The van der Waals surface area contributed by atoms with Gasteiger partial charge in [0, 0.05) is 11.6 Å². The van der Waals surface area contributed by atoms with E-state index in [2.05, 4.69) is 0 Å². The number of carbonyl (C=O) groups excluding carboxylic acids is 2. The van der Waals surface area contributed by atoms with Crippen LogP contribution in [0.3, 0.4) is 0 Å². The lowest BCUT2D eigenvalue weighted by atomic mass is 10.1. The van der Waals surface area contributed by atoms with Crippen LogP contribution in [-0.4, -0.2) is 18.2 Å². The van der Waals surface area contributed by atoms with Crippen molar-refractivity contribution < 1.29 is 23.5 Å². The maximum Gasteiger partial charge on any atom is 0.231 e. The summed E-state index contributed by atoms with van der Waals surface area (Å²) in [7, 11) is 0. The van der Waals surface area contributed by atoms with Crippen molar-refractivity contribution >= 4 is 29.2 Å². The molecule has 0 radical (unpaired) electrons. The summed E-state index contributed by atoms with van der Waals surface area (Å²) in [5.41, 5.74) is 0.423. The molecule has 0 fully saturated rings. The highest BCUT2D eigenvalue weighted by Crippen LogP contribution is 2.35. The van der Waals surface area contributed by atoms with E-state index in [9.17, 15) is 14.0 Å². The highest BCUT2D eigenvalue weighted by molar-refractivity contribution is 6.32. The molecule has 1 heterocycles. The number of carbonyl (C=O) groups is 2. The third kappa shape index (κ3) is 3.16.